The molecule has 104 valence electrons. The summed E-state index contributed by atoms with van der Waals surface area (Å²) in [5.41, 5.74) is 1.89. The fourth-order valence-electron chi connectivity index (χ4n) is 1.79. The van der Waals surface area contributed by atoms with Gasteiger partial charge in [-0.2, -0.15) is 5.26 Å². The van der Waals surface area contributed by atoms with Crippen molar-refractivity contribution in [3.05, 3.63) is 29.3 Å². The third-order valence-corrected chi connectivity index (χ3v) is 3.61. The molecule has 0 aromatic heterocycles. The van der Waals surface area contributed by atoms with E-state index >= 15 is 0 Å². The van der Waals surface area contributed by atoms with Crippen molar-refractivity contribution >= 4 is 0 Å². The fraction of sp³-hybridized carbons (Fsp3) is 0.562. The van der Waals surface area contributed by atoms with E-state index in [1.807, 2.05) is 25.8 Å². The van der Waals surface area contributed by atoms with E-state index in [-0.39, 0.29) is 0 Å². The molecule has 1 rings (SSSR count). The Morgan fingerprint density at radius 3 is 2.47 bits per heavy atom. The number of nitriles is 1. The molecule has 0 bridgehead atoms. The Kier molecular flexibility index (Phi) is 4.97. The fourth-order valence-corrected chi connectivity index (χ4v) is 1.79. The van der Waals surface area contributed by atoms with Gasteiger partial charge in [0.1, 0.15) is 11.3 Å². The van der Waals surface area contributed by atoms with Crippen LogP contribution in [0, 0.1) is 11.3 Å². The Bertz CT molecular complexity index is 472. The first kappa shape index (κ1) is 15.5. The molecule has 0 radical (unpaired) electrons. The van der Waals surface area contributed by atoms with Crippen LogP contribution in [0.2, 0.25) is 0 Å². The minimum atomic E-state index is -0.484. The minimum Gasteiger partial charge on any atom is -0.496 e. The second-order valence-corrected chi connectivity index (χ2v) is 5.75. The largest absolute Gasteiger partial charge is 0.496 e. The third kappa shape index (κ3) is 3.71. The molecule has 1 aromatic rings. The topological polar surface area (TPSA) is 36.3 Å². The van der Waals surface area contributed by atoms with Gasteiger partial charge in [0.05, 0.1) is 13.2 Å². The lowest BCUT2D eigenvalue weighted by Gasteiger charge is -2.29. The van der Waals surface area contributed by atoms with Crippen LogP contribution in [0.3, 0.4) is 0 Å². The molecule has 0 aliphatic carbocycles. The summed E-state index contributed by atoms with van der Waals surface area (Å²) in [5, 5.41) is 9.16. The quantitative estimate of drug-likeness (QED) is 0.812. The minimum absolute atomic E-state index is 0.483. The molecule has 0 amide bonds. The molecule has 3 nitrogen and oxygen atoms in total. The molecule has 0 N–H and O–H groups in total. The van der Waals surface area contributed by atoms with Crippen molar-refractivity contribution in [1.29, 1.82) is 5.26 Å². The normalized spacial score (nSPS) is 11.7. The second-order valence-electron chi connectivity index (χ2n) is 5.75. The average molecular weight is 260 g/mol. The van der Waals surface area contributed by atoms with Crippen molar-refractivity contribution in [1.82, 2.24) is 4.90 Å². The Hall–Kier alpha value is -1.53. The SMILES string of the molecule is COc1cc(C(C)C)ccc1CN(C)C(C)(C)C#N. The Morgan fingerprint density at radius 2 is 2.00 bits per heavy atom. The molecule has 0 saturated heterocycles. The summed E-state index contributed by atoms with van der Waals surface area (Å²) in [4.78, 5) is 2.03. The third-order valence-electron chi connectivity index (χ3n) is 3.61. The summed E-state index contributed by atoms with van der Waals surface area (Å²) >= 11 is 0. The van der Waals surface area contributed by atoms with E-state index in [9.17, 15) is 0 Å². The number of ether oxygens (including phenoxy) is 1. The highest BCUT2D eigenvalue weighted by Gasteiger charge is 2.23. The molecule has 3 heteroatoms. The molecule has 0 heterocycles. The summed E-state index contributed by atoms with van der Waals surface area (Å²) in [7, 11) is 3.65. The molecule has 0 saturated carbocycles. The predicted molar refractivity (Wildman–Crippen MR) is 78.2 cm³/mol. The van der Waals surface area contributed by atoms with Crippen molar-refractivity contribution in [2.45, 2.75) is 45.7 Å². The zero-order chi connectivity index (χ0) is 14.6. The van der Waals surface area contributed by atoms with Crippen molar-refractivity contribution in [2.24, 2.45) is 0 Å². The summed E-state index contributed by atoms with van der Waals surface area (Å²) in [6.07, 6.45) is 0. The van der Waals surface area contributed by atoms with Crippen LogP contribution in [0.4, 0.5) is 0 Å². The lowest BCUT2D eigenvalue weighted by molar-refractivity contribution is 0.200. The summed E-state index contributed by atoms with van der Waals surface area (Å²) in [6, 6.07) is 8.63. The van der Waals surface area contributed by atoms with Gasteiger partial charge in [0.25, 0.3) is 0 Å². The maximum absolute atomic E-state index is 9.16. The smallest absolute Gasteiger partial charge is 0.123 e. The number of methoxy groups -OCH3 is 1. The molecular formula is C16H24N2O. The van der Waals surface area contributed by atoms with Crippen LogP contribution in [0.1, 0.15) is 44.7 Å². The van der Waals surface area contributed by atoms with E-state index in [4.69, 9.17) is 10.00 Å². The van der Waals surface area contributed by atoms with Crippen LogP contribution in [-0.2, 0) is 6.54 Å². The van der Waals surface area contributed by atoms with Gasteiger partial charge >= 0.3 is 0 Å². The van der Waals surface area contributed by atoms with Crippen LogP contribution >= 0.6 is 0 Å². The molecule has 0 aliphatic heterocycles. The summed E-state index contributed by atoms with van der Waals surface area (Å²) in [5.74, 6) is 1.38. The molecule has 19 heavy (non-hydrogen) atoms. The first-order valence-corrected chi connectivity index (χ1v) is 6.61. The molecule has 0 fully saturated rings. The lowest BCUT2D eigenvalue weighted by atomic mass is 9.99. The van der Waals surface area contributed by atoms with Crippen LogP contribution in [0.25, 0.3) is 0 Å². The van der Waals surface area contributed by atoms with Gasteiger partial charge in [-0.05, 0) is 38.4 Å². The molecule has 0 atom stereocenters. The van der Waals surface area contributed by atoms with E-state index in [2.05, 4.69) is 38.1 Å². The molecule has 0 spiro atoms. The zero-order valence-corrected chi connectivity index (χ0v) is 12.8. The van der Waals surface area contributed by atoms with Gasteiger partial charge in [-0.1, -0.05) is 26.0 Å². The molecule has 0 aliphatic rings. The van der Waals surface area contributed by atoms with Gasteiger partial charge in [-0.25, -0.2) is 0 Å². The zero-order valence-electron chi connectivity index (χ0n) is 12.8. The highest BCUT2D eigenvalue weighted by Crippen LogP contribution is 2.27. The first-order chi connectivity index (χ1) is 8.81. The molecule has 1 aromatic carbocycles. The van der Waals surface area contributed by atoms with Gasteiger partial charge in [0, 0.05) is 12.1 Å². The maximum Gasteiger partial charge on any atom is 0.123 e. The van der Waals surface area contributed by atoms with Gasteiger partial charge in [-0.3, -0.25) is 4.90 Å². The Labute approximate surface area is 116 Å². The second kappa shape index (κ2) is 6.08. The van der Waals surface area contributed by atoms with E-state index in [1.54, 1.807) is 7.11 Å². The Balaban J connectivity index is 2.99. The van der Waals surface area contributed by atoms with E-state index in [0.717, 1.165) is 11.3 Å². The van der Waals surface area contributed by atoms with Crippen LogP contribution in [0.5, 0.6) is 5.75 Å². The highest BCUT2D eigenvalue weighted by molar-refractivity contribution is 5.38. The number of hydrogen-bond donors (Lipinski definition) is 0. The lowest BCUT2D eigenvalue weighted by Crippen LogP contribution is -2.39. The van der Waals surface area contributed by atoms with Gasteiger partial charge in [0.15, 0.2) is 0 Å². The van der Waals surface area contributed by atoms with Crippen molar-refractivity contribution in [3.8, 4) is 11.8 Å². The van der Waals surface area contributed by atoms with Crippen molar-refractivity contribution in [3.63, 3.8) is 0 Å². The van der Waals surface area contributed by atoms with Gasteiger partial charge in [0.2, 0.25) is 0 Å². The maximum atomic E-state index is 9.16. The van der Waals surface area contributed by atoms with Crippen LogP contribution in [-0.4, -0.2) is 24.6 Å². The van der Waals surface area contributed by atoms with Gasteiger partial charge in [-0.15, -0.1) is 0 Å². The van der Waals surface area contributed by atoms with Crippen LogP contribution in [0.15, 0.2) is 18.2 Å². The number of benzene rings is 1. The van der Waals surface area contributed by atoms with E-state index < -0.39 is 5.54 Å². The predicted octanol–water partition coefficient (Wildman–Crippen LogP) is 3.55. The van der Waals surface area contributed by atoms with E-state index in [1.165, 1.54) is 5.56 Å². The molecule has 0 unspecified atom stereocenters. The monoisotopic (exact) mass is 260 g/mol. The number of rotatable bonds is 5. The van der Waals surface area contributed by atoms with Gasteiger partial charge < -0.3 is 4.74 Å². The average Bonchev–Trinajstić information content (AvgIpc) is 2.38. The summed E-state index contributed by atoms with van der Waals surface area (Å²) in [6.45, 7) is 8.87. The molecular weight excluding hydrogens is 236 g/mol. The Morgan fingerprint density at radius 1 is 1.37 bits per heavy atom. The summed E-state index contributed by atoms with van der Waals surface area (Å²) < 4.78 is 5.47. The number of hydrogen-bond acceptors (Lipinski definition) is 3. The number of nitrogens with zero attached hydrogens (tertiary/aromatic N) is 2. The first-order valence-electron chi connectivity index (χ1n) is 6.61. The highest BCUT2D eigenvalue weighted by atomic mass is 16.5. The van der Waals surface area contributed by atoms with Crippen LogP contribution < -0.4 is 4.74 Å². The van der Waals surface area contributed by atoms with Crippen molar-refractivity contribution in [2.75, 3.05) is 14.2 Å². The van der Waals surface area contributed by atoms with Crippen molar-refractivity contribution < 1.29 is 4.74 Å². The van der Waals surface area contributed by atoms with E-state index in [0.29, 0.717) is 12.5 Å². The standard InChI is InChI=1S/C16H24N2O/c1-12(2)13-7-8-14(15(9-13)19-6)10-18(5)16(3,4)11-17/h7-9,12H,10H2,1-6H3.